The van der Waals surface area contributed by atoms with Crippen molar-refractivity contribution in [2.24, 2.45) is 5.92 Å². The third-order valence-corrected chi connectivity index (χ3v) is 6.62. The fourth-order valence-corrected chi connectivity index (χ4v) is 4.98. The summed E-state index contributed by atoms with van der Waals surface area (Å²) in [7, 11) is -3.25. The highest BCUT2D eigenvalue weighted by Crippen LogP contribution is 2.23. The van der Waals surface area contributed by atoms with E-state index in [1.807, 2.05) is 41.3 Å². The topological polar surface area (TPSA) is 54.5 Å². The number of likely N-dealkylation sites (tertiary alicyclic amines) is 1. The Hall–Kier alpha value is -2.14. The van der Waals surface area contributed by atoms with Gasteiger partial charge in [-0.3, -0.25) is 4.79 Å². The van der Waals surface area contributed by atoms with Crippen LogP contribution in [-0.2, 0) is 21.1 Å². The van der Waals surface area contributed by atoms with E-state index >= 15 is 0 Å². The Bertz CT molecular complexity index is 795. The number of rotatable bonds is 5. The maximum atomic E-state index is 12.5. The van der Waals surface area contributed by atoms with Crippen molar-refractivity contribution in [2.75, 3.05) is 18.8 Å². The molecule has 0 unspecified atom stereocenters. The molecule has 0 aliphatic carbocycles. The number of benzene rings is 2. The number of carbonyl (C=O) groups excluding carboxylic acids is 1. The molecule has 1 amide bonds. The van der Waals surface area contributed by atoms with Crippen molar-refractivity contribution in [3.05, 3.63) is 66.2 Å². The van der Waals surface area contributed by atoms with Gasteiger partial charge in [-0.2, -0.15) is 0 Å². The van der Waals surface area contributed by atoms with Gasteiger partial charge in [-0.25, -0.2) is 8.42 Å². The lowest BCUT2D eigenvalue weighted by atomic mass is 9.98. The van der Waals surface area contributed by atoms with Crippen molar-refractivity contribution in [1.29, 1.82) is 0 Å². The van der Waals surface area contributed by atoms with Gasteiger partial charge in [0.15, 0.2) is 9.84 Å². The van der Waals surface area contributed by atoms with E-state index in [0.29, 0.717) is 24.4 Å². The lowest BCUT2D eigenvalue weighted by Gasteiger charge is -2.32. The molecule has 0 saturated carbocycles. The number of nitrogens with zero attached hydrogens (tertiary/aromatic N) is 1. The molecule has 1 aliphatic rings. The van der Waals surface area contributed by atoms with Crippen LogP contribution in [0.25, 0.3) is 0 Å². The number of sulfone groups is 1. The molecule has 2 aromatic carbocycles. The van der Waals surface area contributed by atoms with E-state index in [1.54, 1.807) is 24.3 Å². The van der Waals surface area contributed by atoms with Gasteiger partial charge in [-0.15, -0.1) is 0 Å². The Morgan fingerprint density at radius 3 is 2.08 bits per heavy atom. The smallest absolute Gasteiger partial charge is 0.226 e. The second-order valence-electron chi connectivity index (χ2n) is 6.58. The van der Waals surface area contributed by atoms with Crippen molar-refractivity contribution in [1.82, 2.24) is 4.90 Å². The summed E-state index contributed by atoms with van der Waals surface area (Å²) in [6, 6.07) is 18.3. The van der Waals surface area contributed by atoms with Gasteiger partial charge in [-0.1, -0.05) is 48.5 Å². The molecule has 2 aromatic rings. The van der Waals surface area contributed by atoms with E-state index in [9.17, 15) is 13.2 Å². The van der Waals surface area contributed by atoms with Gasteiger partial charge >= 0.3 is 0 Å². The Balaban J connectivity index is 1.53. The van der Waals surface area contributed by atoms with Crippen LogP contribution in [0.15, 0.2) is 65.6 Å². The summed E-state index contributed by atoms with van der Waals surface area (Å²) in [5.41, 5.74) is 1.02. The molecule has 0 aromatic heterocycles. The van der Waals surface area contributed by atoms with E-state index in [2.05, 4.69) is 0 Å². The highest BCUT2D eigenvalue weighted by Gasteiger charge is 2.27. The van der Waals surface area contributed by atoms with Gasteiger partial charge in [-0.05, 0) is 36.5 Å². The molecule has 0 atom stereocenters. The lowest BCUT2D eigenvalue weighted by Crippen LogP contribution is -2.40. The number of amides is 1. The minimum Gasteiger partial charge on any atom is -0.342 e. The van der Waals surface area contributed by atoms with E-state index < -0.39 is 9.84 Å². The summed E-state index contributed by atoms with van der Waals surface area (Å²) in [5, 5.41) is 0. The van der Waals surface area contributed by atoms with Crippen molar-refractivity contribution in [3.8, 4) is 0 Å². The molecule has 4 nitrogen and oxygen atoms in total. The van der Waals surface area contributed by atoms with Crippen LogP contribution < -0.4 is 0 Å². The Morgan fingerprint density at radius 2 is 1.48 bits per heavy atom. The number of hydrogen-bond acceptors (Lipinski definition) is 3. The van der Waals surface area contributed by atoms with Crippen molar-refractivity contribution in [2.45, 2.75) is 24.2 Å². The van der Waals surface area contributed by atoms with Gasteiger partial charge < -0.3 is 4.90 Å². The second-order valence-corrected chi connectivity index (χ2v) is 8.62. The van der Waals surface area contributed by atoms with Crippen molar-refractivity contribution in [3.63, 3.8) is 0 Å². The van der Waals surface area contributed by atoms with Crippen LogP contribution in [-0.4, -0.2) is 38.1 Å². The second kappa shape index (κ2) is 7.83. The molecular formula is C20H23NO3S. The van der Waals surface area contributed by atoms with Crippen molar-refractivity contribution >= 4 is 15.7 Å². The summed E-state index contributed by atoms with van der Waals surface area (Å²) >= 11 is 0. The lowest BCUT2D eigenvalue weighted by molar-refractivity contribution is -0.131. The summed E-state index contributed by atoms with van der Waals surface area (Å²) in [5.74, 6) is 0.402. The monoisotopic (exact) mass is 357 g/mol. The van der Waals surface area contributed by atoms with Crippen molar-refractivity contribution < 1.29 is 13.2 Å². The first-order chi connectivity index (χ1) is 12.0. The molecule has 5 heteroatoms. The zero-order valence-corrected chi connectivity index (χ0v) is 15.0. The SMILES string of the molecule is O=C(Cc1ccccc1)N1CCC(CS(=O)(=O)c2ccccc2)CC1. The van der Waals surface area contributed by atoms with E-state index in [1.165, 1.54) is 0 Å². The van der Waals surface area contributed by atoms with Crippen LogP contribution in [0.1, 0.15) is 18.4 Å². The number of carbonyl (C=O) groups is 1. The molecule has 1 saturated heterocycles. The molecule has 1 fully saturated rings. The largest absolute Gasteiger partial charge is 0.342 e. The first-order valence-corrected chi connectivity index (χ1v) is 10.3. The maximum absolute atomic E-state index is 12.5. The molecular weight excluding hydrogens is 334 g/mol. The predicted molar refractivity (Wildman–Crippen MR) is 97.9 cm³/mol. The molecule has 25 heavy (non-hydrogen) atoms. The zero-order valence-electron chi connectivity index (χ0n) is 14.2. The minimum atomic E-state index is -3.25. The van der Waals surface area contributed by atoms with E-state index in [4.69, 9.17) is 0 Å². The molecule has 0 bridgehead atoms. The fourth-order valence-electron chi connectivity index (χ4n) is 3.27. The normalized spacial score (nSPS) is 15.9. The summed E-state index contributed by atoms with van der Waals surface area (Å²) in [6.07, 6.45) is 1.90. The number of piperidine rings is 1. The quantitative estimate of drug-likeness (QED) is 0.827. The van der Waals surface area contributed by atoms with Gasteiger partial charge in [0, 0.05) is 13.1 Å². The molecule has 3 rings (SSSR count). The maximum Gasteiger partial charge on any atom is 0.226 e. The third kappa shape index (κ3) is 4.69. The fraction of sp³-hybridized carbons (Fsp3) is 0.350. The molecule has 132 valence electrons. The van der Waals surface area contributed by atoms with Crippen LogP contribution in [0.3, 0.4) is 0 Å². The van der Waals surface area contributed by atoms with Crippen LogP contribution in [0.5, 0.6) is 0 Å². The Labute approximate surface area is 149 Å². The first kappa shape index (κ1) is 17.7. The van der Waals surface area contributed by atoms with Gasteiger partial charge in [0.05, 0.1) is 17.1 Å². The molecule has 0 radical (unpaired) electrons. The summed E-state index contributed by atoms with van der Waals surface area (Å²) < 4.78 is 25.0. The summed E-state index contributed by atoms with van der Waals surface area (Å²) in [4.78, 5) is 14.6. The van der Waals surface area contributed by atoms with Gasteiger partial charge in [0.2, 0.25) is 5.91 Å². The molecule has 1 aliphatic heterocycles. The highest BCUT2D eigenvalue weighted by atomic mass is 32.2. The van der Waals surface area contributed by atoms with Crippen LogP contribution in [0.4, 0.5) is 0 Å². The van der Waals surface area contributed by atoms with Crippen LogP contribution in [0, 0.1) is 5.92 Å². The van der Waals surface area contributed by atoms with E-state index in [-0.39, 0.29) is 17.6 Å². The third-order valence-electron chi connectivity index (χ3n) is 4.72. The zero-order chi connectivity index (χ0) is 17.7. The first-order valence-electron chi connectivity index (χ1n) is 8.64. The number of hydrogen-bond donors (Lipinski definition) is 0. The highest BCUT2D eigenvalue weighted by molar-refractivity contribution is 7.91. The predicted octanol–water partition coefficient (Wildman–Crippen LogP) is 2.94. The van der Waals surface area contributed by atoms with Crippen LogP contribution in [0.2, 0.25) is 0 Å². The Morgan fingerprint density at radius 1 is 0.920 bits per heavy atom. The minimum absolute atomic E-state index is 0.117. The van der Waals surface area contributed by atoms with Gasteiger partial charge in [0.25, 0.3) is 0 Å². The average Bonchev–Trinajstić information content (AvgIpc) is 2.63. The Kier molecular flexibility index (Phi) is 5.53. The van der Waals surface area contributed by atoms with Gasteiger partial charge in [0.1, 0.15) is 0 Å². The molecule has 1 heterocycles. The standard InChI is InChI=1S/C20H23NO3S/c22-20(15-17-7-3-1-4-8-17)21-13-11-18(12-14-21)16-25(23,24)19-9-5-2-6-10-19/h1-10,18H,11-16H2. The molecule has 0 spiro atoms. The molecule has 0 N–H and O–H groups in total. The average molecular weight is 357 g/mol. The van der Waals surface area contributed by atoms with Crippen LogP contribution >= 0.6 is 0 Å². The van der Waals surface area contributed by atoms with E-state index in [0.717, 1.165) is 18.4 Å². The summed E-state index contributed by atoms with van der Waals surface area (Å²) in [6.45, 7) is 1.28.